The van der Waals surface area contributed by atoms with Crippen LogP contribution in [0.5, 0.6) is 0 Å². The van der Waals surface area contributed by atoms with Crippen LogP contribution in [0.15, 0.2) is 54.6 Å². The molecular formula is C23H27N3O5. The molecule has 31 heavy (non-hydrogen) atoms. The van der Waals surface area contributed by atoms with E-state index in [4.69, 9.17) is 14.7 Å². The topological polar surface area (TPSA) is 121 Å². The van der Waals surface area contributed by atoms with Crippen molar-refractivity contribution in [3.05, 3.63) is 71.3 Å². The molecule has 2 aromatic carbocycles. The van der Waals surface area contributed by atoms with Crippen molar-refractivity contribution < 1.29 is 24.3 Å². The molecular weight excluding hydrogens is 398 g/mol. The zero-order valence-electron chi connectivity index (χ0n) is 17.4. The molecule has 0 spiro atoms. The van der Waals surface area contributed by atoms with Gasteiger partial charge < -0.3 is 14.8 Å². The SMILES string of the molecule is CCOCOCC(CC(Cc1ccccc1)C(=O)NO)NC(=O)c1ccc(C#N)cc1. The van der Waals surface area contributed by atoms with E-state index in [1.54, 1.807) is 29.7 Å². The first-order chi connectivity index (χ1) is 15.1. The summed E-state index contributed by atoms with van der Waals surface area (Å²) in [5.74, 6) is -1.47. The van der Waals surface area contributed by atoms with Gasteiger partial charge in [-0.15, -0.1) is 0 Å². The molecule has 0 aliphatic rings. The minimum Gasteiger partial charge on any atom is -0.356 e. The van der Waals surface area contributed by atoms with Crippen molar-refractivity contribution in [3.8, 4) is 6.07 Å². The fourth-order valence-corrected chi connectivity index (χ4v) is 3.08. The van der Waals surface area contributed by atoms with Gasteiger partial charge in [0.05, 0.1) is 24.3 Å². The number of nitrogens with zero attached hydrogens (tertiary/aromatic N) is 1. The Morgan fingerprint density at radius 1 is 1.10 bits per heavy atom. The lowest BCUT2D eigenvalue weighted by Gasteiger charge is -2.24. The number of hydroxylamine groups is 1. The van der Waals surface area contributed by atoms with Gasteiger partial charge in [-0.25, -0.2) is 5.48 Å². The number of amides is 2. The van der Waals surface area contributed by atoms with Crippen molar-refractivity contribution in [1.82, 2.24) is 10.8 Å². The highest BCUT2D eigenvalue weighted by molar-refractivity contribution is 5.94. The second-order valence-corrected chi connectivity index (χ2v) is 6.94. The van der Waals surface area contributed by atoms with Crippen LogP contribution in [-0.4, -0.2) is 43.1 Å². The first-order valence-corrected chi connectivity index (χ1v) is 10.0. The Labute approximate surface area is 181 Å². The number of benzene rings is 2. The Hall–Kier alpha value is -3.25. The minimum atomic E-state index is -0.589. The van der Waals surface area contributed by atoms with Crippen molar-refractivity contribution in [2.24, 2.45) is 5.92 Å². The largest absolute Gasteiger partial charge is 0.356 e. The first kappa shape index (κ1) is 24.0. The maximum atomic E-state index is 12.7. The number of carbonyl (C=O) groups excluding carboxylic acids is 2. The molecule has 0 aliphatic carbocycles. The van der Waals surface area contributed by atoms with E-state index in [2.05, 4.69) is 5.32 Å². The molecule has 0 aliphatic heterocycles. The minimum absolute atomic E-state index is 0.0648. The summed E-state index contributed by atoms with van der Waals surface area (Å²) in [4.78, 5) is 25.0. The summed E-state index contributed by atoms with van der Waals surface area (Å²) in [6.07, 6.45) is 0.636. The van der Waals surface area contributed by atoms with Crippen LogP contribution in [0.2, 0.25) is 0 Å². The maximum Gasteiger partial charge on any atom is 0.251 e. The van der Waals surface area contributed by atoms with Crippen molar-refractivity contribution in [2.45, 2.75) is 25.8 Å². The van der Waals surface area contributed by atoms with Crippen LogP contribution < -0.4 is 10.8 Å². The molecule has 0 fully saturated rings. The van der Waals surface area contributed by atoms with Gasteiger partial charge in [-0.2, -0.15) is 5.26 Å². The Morgan fingerprint density at radius 2 is 1.81 bits per heavy atom. The molecule has 0 bridgehead atoms. The first-order valence-electron chi connectivity index (χ1n) is 10.0. The molecule has 3 N–H and O–H groups in total. The Morgan fingerprint density at radius 3 is 2.42 bits per heavy atom. The van der Waals surface area contributed by atoms with Crippen molar-refractivity contribution >= 4 is 11.8 Å². The smallest absolute Gasteiger partial charge is 0.251 e. The quantitative estimate of drug-likeness (QED) is 0.208. The van der Waals surface area contributed by atoms with Gasteiger partial charge in [-0.1, -0.05) is 30.3 Å². The highest BCUT2D eigenvalue weighted by Crippen LogP contribution is 2.16. The Bertz CT molecular complexity index is 865. The third-order valence-corrected chi connectivity index (χ3v) is 4.68. The molecule has 164 valence electrons. The van der Waals surface area contributed by atoms with E-state index in [0.29, 0.717) is 24.2 Å². The summed E-state index contributed by atoms with van der Waals surface area (Å²) in [7, 11) is 0. The van der Waals surface area contributed by atoms with Crippen LogP contribution in [0.3, 0.4) is 0 Å². The van der Waals surface area contributed by atoms with E-state index in [-0.39, 0.29) is 25.7 Å². The lowest BCUT2D eigenvalue weighted by molar-refractivity contribution is -0.134. The summed E-state index contributed by atoms with van der Waals surface area (Å²) in [5.41, 5.74) is 3.49. The fraction of sp³-hybridized carbons (Fsp3) is 0.348. The maximum absolute atomic E-state index is 12.7. The van der Waals surface area contributed by atoms with Crippen LogP contribution >= 0.6 is 0 Å². The van der Waals surface area contributed by atoms with Crippen molar-refractivity contribution in [2.75, 3.05) is 20.0 Å². The fourth-order valence-electron chi connectivity index (χ4n) is 3.08. The van der Waals surface area contributed by atoms with E-state index in [1.165, 1.54) is 0 Å². The van der Waals surface area contributed by atoms with Gasteiger partial charge in [0, 0.05) is 18.1 Å². The third kappa shape index (κ3) is 8.18. The van der Waals surface area contributed by atoms with Crippen LogP contribution in [-0.2, 0) is 20.7 Å². The monoisotopic (exact) mass is 425 g/mol. The van der Waals surface area contributed by atoms with Crippen molar-refractivity contribution in [1.29, 1.82) is 5.26 Å². The van der Waals surface area contributed by atoms with Gasteiger partial charge in [-0.3, -0.25) is 14.8 Å². The van der Waals surface area contributed by atoms with E-state index in [9.17, 15) is 14.8 Å². The lowest BCUT2D eigenvalue weighted by atomic mass is 9.92. The van der Waals surface area contributed by atoms with Gasteiger partial charge in [0.1, 0.15) is 6.79 Å². The molecule has 0 heterocycles. The number of nitriles is 1. The number of hydrogen-bond acceptors (Lipinski definition) is 6. The molecule has 0 radical (unpaired) electrons. The number of nitrogens with one attached hydrogen (secondary N) is 2. The number of ether oxygens (including phenoxy) is 2. The summed E-state index contributed by atoms with van der Waals surface area (Å²) >= 11 is 0. The molecule has 2 aromatic rings. The zero-order chi connectivity index (χ0) is 22.5. The summed E-state index contributed by atoms with van der Waals surface area (Å²) in [5, 5.41) is 21.0. The van der Waals surface area contributed by atoms with E-state index in [1.807, 2.05) is 43.3 Å². The molecule has 0 saturated carbocycles. The van der Waals surface area contributed by atoms with Crippen LogP contribution in [0.4, 0.5) is 0 Å². The molecule has 2 rings (SSSR count). The molecule has 8 heteroatoms. The molecule has 0 saturated heterocycles. The zero-order valence-corrected chi connectivity index (χ0v) is 17.4. The number of carbonyl (C=O) groups is 2. The second kappa shape index (κ2) is 13.1. The average Bonchev–Trinajstić information content (AvgIpc) is 2.81. The second-order valence-electron chi connectivity index (χ2n) is 6.94. The van der Waals surface area contributed by atoms with Gasteiger partial charge in [-0.05, 0) is 49.6 Å². The van der Waals surface area contributed by atoms with Crippen LogP contribution in [0.25, 0.3) is 0 Å². The number of rotatable bonds is 12. The Balaban J connectivity index is 2.11. The summed E-state index contributed by atoms with van der Waals surface area (Å²) < 4.78 is 10.7. The third-order valence-electron chi connectivity index (χ3n) is 4.68. The standard InChI is InChI=1S/C23H27N3O5/c1-2-30-16-31-15-21(25-22(27)19-10-8-18(14-24)9-11-19)13-20(23(28)26-29)12-17-6-4-3-5-7-17/h3-11,20-21,29H,2,12-13,15-16H2,1H3,(H,25,27)(H,26,28). The van der Waals surface area contributed by atoms with Crippen LogP contribution in [0, 0.1) is 17.2 Å². The predicted octanol–water partition coefficient (Wildman–Crippen LogP) is 2.42. The molecule has 2 amide bonds. The molecule has 2 atom stereocenters. The highest BCUT2D eigenvalue weighted by atomic mass is 16.7. The van der Waals surface area contributed by atoms with Crippen LogP contribution in [0.1, 0.15) is 34.8 Å². The van der Waals surface area contributed by atoms with E-state index < -0.39 is 17.9 Å². The lowest BCUT2D eigenvalue weighted by Crippen LogP contribution is -2.42. The normalized spacial score (nSPS) is 12.4. The molecule has 0 aromatic heterocycles. The number of hydrogen-bond donors (Lipinski definition) is 3. The van der Waals surface area contributed by atoms with Gasteiger partial charge in [0.15, 0.2) is 0 Å². The average molecular weight is 425 g/mol. The summed E-state index contributed by atoms with van der Waals surface area (Å²) in [6.45, 7) is 2.53. The van der Waals surface area contributed by atoms with Crippen molar-refractivity contribution in [3.63, 3.8) is 0 Å². The van der Waals surface area contributed by atoms with Gasteiger partial charge >= 0.3 is 0 Å². The highest BCUT2D eigenvalue weighted by Gasteiger charge is 2.25. The van der Waals surface area contributed by atoms with Gasteiger partial charge in [0.25, 0.3) is 5.91 Å². The summed E-state index contributed by atoms with van der Waals surface area (Å²) in [6, 6.07) is 17.2. The van der Waals surface area contributed by atoms with Gasteiger partial charge in [0.2, 0.25) is 5.91 Å². The van der Waals surface area contributed by atoms with E-state index >= 15 is 0 Å². The predicted molar refractivity (Wildman–Crippen MR) is 113 cm³/mol. The molecule has 2 unspecified atom stereocenters. The molecule has 8 nitrogen and oxygen atoms in total. The Kier molecular flexibility index (Phi) is 10.2. The van der Waals surface area contributed by atoms with E-state index in [0.717, 1.165) is 5.56 Å².